The molecule has 3 rings (SSSR count). The van der Waals surface area contributed by atoms with Gasteiger partial charge in [-0.2, -0.15) is 13.2 Å². The predicted octanol–water partition coefficient (Wildman–Crippen LogP) is 3.79. The molecule has 3 N–H and O–H groups in total. The van der Waals surface area contributed by atoms with E-state index in [0.29, 0.717) is 16.5 Å². The van der Waals surface area contributed by atoms with Gasteiger partial charge in [-0.05, 0) is 30.7 Å². The number of aryl methyl sites for hydroxylation is 1. The van der Waals surface area contributed by atoms with Crippen molar-refractivity contribution in [3.8, 4) is 0 Å². The lowest BCUT2D eigenvalue weighted by molar-refractivity contribution is -0.137. The average molecular weight is 407 g/mol. The summed E-state index contributed by atoms with van der Waals surface area (Å²) in [4.78, 5) is 12.9. The van der Waals surface area contributed by atoms with Crippen LogP contribution in [0.4, 0.5) is 18.9 Å². The molecule has 0 unspecified atom stereocenters. The van der Waals surface area contributed by atoms with Gasteiger partial charge in [-0.15, -0.1) is 10.2 Å². The van der Waals surface area contributed by atoms with E-state index >= 15 is 0 Å². The molecule has 10 heteroatoms. The van der Waals surface area contributed by atoms with Crippen LogP contribution in [0.15, 0.2) is 59.8 Å². The number of nitrogens with zero attached hydrogens (tertiary/aromatic N) is 3. The number of hydrogen-bond donors (Lipinski definition) is 2. The maximum absolute atomic E-state index is 12.9. The number of amides is 1. The highest BCUT2D eigenvalue weighted by molar-refractivity contribution is 8.00. The van der Waals surface area contributed by atoms with E-state index in [1.165, 1.54) is 16.8 Å². The van der Waals surface area contributed by atoms with Crippen molar-refractivity contribution in [3.05, 3.63) is 71.5 Å². The van der Waals surface area contributed by atoms with Gasteiger partial charge < -0.3 is 11.2 Å². The fourth-order valence-corrected chi connectivity index (χ4v) is 3.42. The first-order chi connectivity index (χ1) is 13.3. The molecule has 1 aromatic heterocycles. The lowest BCUT2D eigenvalue weighted by Crippen LogP contribution is -2.21. The quantitative estimate of drug-likeness (QED) is 0.496. The first-order valence-corrected chi connectivity index (χ1v) is 9.00. The van der Waals surface area contributed by atoms with Crippen molar-refractivity contribution in [2.24, 2.45) is 0 Å². The van der Waals surface area contributed by atoms with Gasteiger partial charge in [0.2, 0.25) is 11.1 Å². The minimum Gasteiger partial charge on any atom is -0.336 e. The molecule has 0 aliphatic carbocycles. The van der Waals surface area contributed by atoms with Gasteiger partial charge in [0.15, 0.2) is 0 Å². The summed E-state index contributed by atoms with van der Waals surface area (Å²) in [6.45, 7) is 1.66. The number of alkyl halides is 3. The summed E-state index contributed by atoms with van der Waals surface area (Å²) in [6, 6.07) is 13.3. The number of carbonyl (C=O) groups excluding carboxylic acids is 1. The number of rotatable bonds is 5. The van der Waals surface area contributed by atoms with Crippen molar-refractivity contribution in [1.29, 1.82) is 0 Å². The normalized spacial score (nSPS) is 12.6. The Labute approximate surface area is 162 Å². The summed E-state index contributed by atoms with van der Waals surface area (Å²) in [5, 5.41) is 9.86. The largest absolute Gasteiger partial charge is 0.416 e. The molecule has 0 aliphatic rings. The topological polar surface area (TPSA) is 85.8 Å². The van der Waals surface area contributed by atoms with Crippen LogP contribution >= 0.6 is 11.8 Å². The molecule has 3 aromatic rings. The van der Waals surface area contributed by atoms with E-state index in [2.05, 4.69) is 15.5 Å². The Morgan fingerprint density at radius 1 is 1.14 bits per heavy atom. The molecule has 1 atom stereocenters. The van der Waals surface area contributed by atoms with Gasteiger partial charge in [0.1, 0.15) is 11.1 Å². The molecule has 1 amide bonds. The van der Waals surface area contributed by atoms with E-state index in [4.69, 9.17) is 5.84 Å². The number of aromatic nitrogens is 3. The van der Waals surface area contributed by atoms with E-state index in [1.807, 2.05) is 0 Å². The van der Waals surface area contributed by atoms with Crippen molar-refractivity contribution in [3.63, 3.8) is 0 Å². The molecule has 0 saturated carbocycles. The Balaban J connectivity index is 1.88. The zero-order chi connectivity index (χ0) is 20.3. The lowest BCUT2D eigenvalue weighted by atomic mass is 10.1. The van der Waals surface area contributed by atoms with Gasteiger partial charge in [-0.1, -0.05) is 48.2 Å². The standard InChI is InChI=1S/C18H16F3N5OS/c1-11-24-25-17(26(11)22)28-15(12-6-3-2-4-7-12)16(27)23-14-9-5-8-13(10-14)18(19,20)21/h2-10,15H,22H2,1H3,(H,23,27)/t15-/m1/s1. The number of halogens is 3. The van der Waals surface area contributed by atoms with Gasteiger partial charge in [-0.3, -0.25) is 4.79 Å². The molecule has 2 aromatic carbocycles. The molecule has 0 aliphatic heterocycles. The van der Waals surface area contributed by atoms with Crippen LogP contribution in [0.25, 0.3) is 0 Å². The summed E-state index contributed by atoms with van der Waals surface area (Å²) >= 11 is 1.06. The zero-order valence-electron chi connectivity index (χ0n) is 14.6. The second-order valence-corrected chi connectivity index (χ2v) is 6.95. The van der Waals surface area contributed by atoms with Crippen LogP contribution < -0.4 is 11.2 Å². The first kappa shape index (κ1) is 19.7. The Bertz CT molecular complexity index is 975. The third-order valence-electron chi connectivity index (χ3n) is 3.86. The number of nitrogen functional groups attached to an aromatic ring is 1. The average Bonchev–Trinajstić information content (AvgIpc) is 2.98. The molecule has 0 radical (unpaired) electrons. The van der Waals surface area contributed by atoms with E-state index in [-0.39, 0.29) is 5.69 Å². The second kappa shape index (κ2) is 7.93. The smallest absolute Gasteiger partial charge is 0.336 e. The summed E-state index contributed by atoms with van der Waals surface area (Å²) < 4.78 is 40.0. The number of nitrogens with two attached hydrogens (primary N) is 1. The minimum absolute atomic E-state index is 0.0479. The molecule has 146 valence electrons. The molecule has 28 heavy (non-hydrogen) atoms. The fourth-order valence-electron chi connectivity index (χ4n) is 2.42. The first-order valence-electron chi connectivity index (χ1n) is 8.12. The predicted molar refractivity (Wildman–Crippen MR) is 100 cm³/mol. The third-order valence-corrected chi connectivity index (χ3v) is 5.07. The molecule has 0 bridgehead atoms. The molecule has 0 saturated heterocycles. The number of hydrogen-bond acceptors (Lipinski definition) is 5. The van der Waals surface area contributed by atoms with Crippen LogP contribution in [0.2, 0.25) is 0 Å². The van der Waals surface area contributed by atoms with Crippen LogP contribution in [0.5, 0.6) is 0 Å². The lowest BCUT2D eigenvalue weighted by Gasteiger charge is -2.17. The van der Waals surface area contributed by atoms with Gasteiger partial charge in [0, 0.05) is 5.69 Å². The van der Waals surface area contributed by atoms with Gasteiger partial charge in [0.25, 0.3) is 0 Å². The van der Waals surface area contributed by atoms with Crippen molar-refractivity contribution in [2.75, 3.05) is 11.2 Å². The molecular weight excluding hydrogens is 391 g/mol. The van der Waals surface area contributed by atoms with Crippen molar-refractivity contribution in [1.82, 2.24) is 14.9 Å². The Kier molecular flexibility index (Phi) is 5.59. The van der Waals surface area contributed by atoms with Gasteiger partial charge >= 0.3 is 6.18 Å². The minimum atomic E-state index is -4.50. The number of carbonyl (C=O) groups is 1. The molecule has 0 fully saturated rings. The van der Waals surface area contributed by atoms with E-state index in [0.717, 1.165) is 23.9 Å². The van der Waals surface area contributed by atoms with Crippen molar-refractivity contribution >= 4 is 23.4 Å². The van der Waals surface area contributed by atoms with E-state index in [1.54, 1.807) is 37.3 Å². The maximum Gasteiger partial charge on any atom is 0.416 e. The van der Waals surface area contributed by atoms with Crippen LogP contribution in [-0.2, 0) is 11.0 Å². The van der Waals surface area contributed by atoms with E-state index < -0.39 is 22.9 Å². The highest BCUT2D eigenvalue weighted by Gasteiger charge is 2.31. The number of benzene rings is 2. The third kappa shape index (κ3) is 4.45. The van der Waals surface area contributed by atoms with Crippen molar-refractivity contribution < 1.29 is 18.0 Å². The van der Waals surface area contributed by atoms with Crippen LogP contribution in [0, 0.1) is 6.92 Å². The molecule has 6 nitrogen and oxygen atoms in total. The van der Waals surface area contributed by atoms with Gasteiger partial charge in [0.05, 0.1) is 5.56 Å². The Morgan fingerprint density at radius 3 is 2.46 bits per heavy atom. The van der Waals surface area contributed by atoms with Gasteiger partial charge in [-0.25, -0.2) is 4.68 Å². The van der Waals surface area contributed by atoms with Crippen LogP contribution in [0.1, 0.15) is 22.2 Å². The highest BCUT2D eigenvalue weighted by atomic mass is 32.2. The second-order valence-electron chi connectivity index (χ2n) is 5.88. The SMILES string of the molecule is Cc1nnc(S[C@@H](C(=O)Nc2cccc(C(F)(F)F)c2)c2ccccc2)n1N. The summed E-state index contributed by atoms with van der Waals surface area (Å²) in [5.74, 6) is 5.83. The molecule has 0 spiro atoms. The van der Waals surface area contributed by atoms with Crippen LogP contribution in [0.3, 0.4) is 0 Å². The highest BCUT2D eigenvalue weighted by Crippen LogP contribution is 2.36. The Morgan fingerprint density at radius 2 is 1.86 bits per heavy atom. The fraction of sp³-hybridized carbons (Fsp3) is 0.167. The number of nitrogens with one attached hydrogen (secondary N) is 1. The monoisotopic (exact) mass is 407 g/mol. The summed E-state index contributed by atoms with van der Waals surface area (Å²) in [6.07, 6.45) is -4.50. The van der Waals surface area contributed by atoms with Crippen molar-refractivity contribution in [2.45, 2.75) is 23.5 Å². The summed E-state index contributed by atoms with van der Waals surface area (Å²) in [5.41, 5.74) is -0.143. The molecule has 1 heterocycles. The maximum atomic E-state index is 12.9. The van der Waals surface area contributed by atoms with E-state index in [9.17, 15) is 18.0 Å². The number of thioether (sulfide) groups is 1. The summed E-state index contributed by atoms with van der Waals surface area (Å²) in [7, 11) is 0. The Hall–Kier alpha value is -3.01. The number of anilines is 1. The molecular formula is C18H16F3N5OS. The van der Waals surface area contributed by atoms with Crippen LogP contribution in [-0.4, -0.2) is 20.8 Å². The zero-order valence-corrected chi connectivity index (χ0v) is 15.5.